The topological polar surface area (TPSA) is 104 Å². The lowest BCUT2D eigenvalue weighted by molar-refractivity contribution is -0.114. The van der Waals surface area contributed by atoms with Crippen molar-refractivity contribution in [3.63, 3.8) is 0 Å². The Morgan fingerprint density at radius 3 is 2.10 bits per heavy atom. The van der Waals surface area contributed by atoms with Crippen LogP contribution in [0.1, 0.15) is 17.3 Å². The van der Waals surface area contributed by atoms with E-state index in [2.05, 4.69) is 10.6 Å². The molecule has 2 aromatic rings. The van der Waals surface area contributed by atoms with Crippen molar-refractivity contribution >= 4 is 34.6 Å². The summed E-state index contributed by atoms with van der Waals surface area (Å²) in [5.41, 5.74) is 8.14. The van der Waals surface area contributed by atoms with Gasteiger partial charge in [0.1, 0.15) is 0 Å². The molecule has 0 atom stereocenters. The number of hydrogen-bond donors (Lipinski definition) is 4. The van der Waals surface area contributed by atoms with Crippen molar-refractivity contribution in [2.24, 2.45) is 0 Å². The molecule has 5 N–H and O–H groups in total. The first-order chi connectivity index (χ1) is 9.95. The fourth-order valence-corrected chi connectivity index (χ4v) is 1.84. The number of amides is 1. The summed E-state index contributed by atoms with van der Waals surface area (Å²) < 4.78 is 0. The lowest BCUT2D eigenvalue weighted by Crippen LogP contribution is -2.05. The third-order valence-electron chi connectivity index (χ3n) is 2.78. The van der Waals surface area contributed by atoms with Crippen molar-refractivity contribution in [1.29, 1.82) is 0 Å². The van der Waals surface area contributed by atoms with Crippen molar-refractivity contribution < 1.29 is 14.7 Å². The van der Waals surface area contributed by atoms with Crippen LogP contribution in [0.2, 0.25) is 0 Å². The molecule has 0 saturated carbocycles. The summed E-state index contributed by atoms with van der Waals surface area (Å²) in [7, 11) is 0. The Kier molecular flexibility index (Phi) is 4.08. The van der Waals surface area contributed by atoms with E-state index < -0.39 is 5.97 Å². The molecular formula is C15H15N3O3. The maximum Gasteiger partial charge on any atom is 0.337 e. The molecule has 0 spiro atoms. The number of benzene rings is 2. The predicted octanol–water partition coefficient (Wildman–Crippen LogP) is 2.67. The van der Waals surface area contributed by atoms with E-state index >= 15 is 0 Å². The first-order valence-electron chi connectivity index (χ1n) is 6.23. The maximum atomic E-state index is 10.9. The van der Waals surface area contributed by atoms with Gasteiger partial charge in [0, 0.05) is 29.7 Å². The maximum absolute atomic E-state index is 10.9. The smallest absolute Gasteiger partial charge is 0.337 e. The predicted molar refractivity (Wildman–Crippen MR) is 81.8 cm³/mol. The SMILES string of the molecule is CC(=O)Nc1ccc(Nc2ccc(C(=O)O)c(N)c2)cc1. The molecule has 0 heterocycles. The highest BCUT2D eigenvalue weighted by molar-refractivity contribution is 5.94. The van der Waals surface area contributed by atoms with E-state index in [-0.39, 0.29) is 17.2 Å². The van der Waals surface area contributed by atoms with Crippen molar-refractivity contribution in [3.05, 3.63) is 48.0 Å². The zero-order valence-electron chi connectivity index (χ0n) is 11.4. The molecule has 0 aliphatic carbocycles. The number of carbonyl (C=O) groups is 2. The standard InChI is InChI=1S/C15H15N3O3/c1-9(19)17-10-2-4-11(5-3-10)18-12-6-7-13(15(20)21)14(16)8-12/h2-8,18H,16H2,1H3,(H,17,19)(H,20,21). The second kappa shape index (κ2) is 5.96. The van der Waals surface area contributed by atoms with Gasteiger partial charge in [0.25, 0.3) is 0 Å². The summed E-state index contributed by atoms with van der Waals surface area (Å²) in [6, 6.07) is 11.8. The first-order valence-corrected chi connectivity index (χ1v) is 6.23. The van der Waals surface area contributed by atoms with E-state index in [0.29, 0.717) is 11.4 Å². The Morgan fingerprint density at radius 1 is 1.00 bits per heavy atom. The molecule has 0 aliphatic rings. The number of nitrogen functional groups attached to an aromatic ring is 1. The van der Waals surface area contributed by atoms with Gasteiger partial charge in [0.15, 0.2) is 0 Å². The summed E-state index contributed by atoms with van der Waals surface area (Å²) >= 11 is 0. The molecule has 0 bridgehead atoms. The number of carboxylic acids is 1. The highest BCUT2D eigenvalue weighted by Gasteiger charge is 2.08. The third kappa shape index (κ3) is 3.73. The van der Waals surface area contributed by atoms with Crippen LogP contribution in [0.4, 0.5) is 22.7 Å². The van der Waals surface area contributed by atoms with Crippen LogP contribution in [0, 0.1) is 0 Å². The monoisotopic (exact) mass is 285 g/mol. The van der Waals surface area contributed by atoms with Crippen LogP contribution in [-0.2, 0) is 4.79 Å². The summed E-state index contributed by atoms with van der Waals surface area (Å²) in [5, 5.41) is 14.7. The van der Waals surface area contributed by atoms with E-state index in [1.807, 2.05) is 0 Å². The molecular weight excluding hydrogens is 270 g/mol. The molecule has 6 nitrogen and oxygen atoms in total. The molecule has 0 aromatic heterocycles. The van der Waals surface area contributed by atoms with E-state index in [4.69, 9.17) is 10.8 Å². The van der Waals surface area contributed by atoms with Gasteiger partial charge in [-0.3, -0.25) is 4.79 Å². The number of nitrogens with two attached hydrogens (primary N) is 1. The molecule has 0 radical (unpaired) electrons. The third-order valence-corrected chi connectivity index (χ3v) is 2.78. The molecule has 0 saturated heterocycles. The Hall–Kier alpha value is -3.02. The van der Waals surface area contributed by atoms with E-state index in [0.717, 1.165) is 5.69 Å². The summed E-state index contributed by atoms with van der Waals surface area (Å²) in [5.74, 6) is -1.19. The van der Waals surface area contributed by atoms with Gasteiger partial charge in [0.05, 0.1) is 5.56 Å². The van der Waals surface area contributed by atoms with Crippen molar-refractivity contribution in [3.8, 4) is 0 Å². The van der Waals surface area contributed by atoms with Crippen LogP contribution in [0.15, 0.2) is 42.5 Å². The summed E-state index contributed by atoms with van der Waals surface area (Å²) in [6.07, 6.45) is 0. The van der Waals surface area contributed by atoms with E-state index in [1.165, 1.54) is 13.0 Å². The van der Waals surface area contributed by atoms with E-state index in [1.54, 1.807) is 36.4 Å². The molecule has 0 unspecified atom stereocenters. The van der Waals surface area contributed by atoms with Crippen molar-refractivity contribution in [2.75, 3.05) is 16.4 Å². The fraction of sp³-hybridized carbons (Fsp3) is 0.0667. The zero-order chi connectivity index (χ0) is 15.4. The number of carbonyl (C=O) groups excluding carboxylic acids is 1. The molecule has 21 heavy (non-hydrogen) atoms. The Labute approximate surface area is 121 Å². The van der Waals surface area contributed by atoms with Crippen LogP contribution in [-0.4, -0.2) is 17.0 Å². The van der Waals surface area contributed by atoms with Gasteiger partial charge >= 0.3 is 5.97 Å². The average Bonchev–Trinajstić information content (AvgIpc) is 2.40. The molecule has 0 aliphatic heterocycles. The van der Waals surface area contributed by atoms with Crippen LogP contribution in [0.3, 0.4) is 0 Å². The number of aromatic carboxylic acids is 1. The second-order valence-corrected chi connectivity index (χ2v) is 4.49. The lowest BCUT2D eigenvalue weighted by Gasteiger charge is -2.09. The number of carboxylic acid groups (broad SMARTS) is 1. The molecule has 108 valence electrons. The lowest BCUT2D eigenvalue weighted by atomic mass is 10.1. The zero-order valence-corrected chi connectivity index (χ0v) is 11.4. The van der Waals surface area contributed by atoms with Gasteiger partial charge in [-0.15, -0.1) is 0 Å². The average molecular weight is 285 g/mol. The van der Waals surface area contributed by atoms with Crippen LogP contribution >= 0.6 is 0 Å². The number of nitrogens with one attached hydrogen (secondary N) is 2. The minimum atomic E-state index is -1.06. The Morgan fingerprint density at radius 2 is 1.57 bits per heavy atom. The largest absolute Gasteiger partial charge is 0.478 e. The van der Waals surface area contributed by atoms with Crippen LogP contribution in [0.25, 0.3) is 0 Å². The fourth-order valence-electron chi connectivity index (χ4n) is 1.84. The molecule has 1 amide bonds. The quantitative estimate of drug-likeness (QED) is 0.646. The van der Waals surface area contributed by atoms with Crippen molar-refractivity contribution in [2.45, 2.75) is 6.92 Å². The molecule has 0 fully saturated rings. The van der Waals surface area contributed by atoms with Gasteiger partial charge < -0.3 is 21.5 Å². The Bertz CT molecular complexity index is 681. The first kappa shape index (κ1) is 14.4. The van der Waals surface area contributed by atoms with Crippen LogP contribution < -0.4 is 16.4 Å². The van der Waals surface area contributed by atoms with Gasteiger partial charge in [-0.1, -0.05) is 0 Å². The molecule has 2 aromatic carbocycles. The summed E-state index contributed by atoms with van der Waals surface area (Å²) in [4.78, 5) is 21.8. The number of hydrogen-bond acceptors (Lipinski definition) is 4. The van der Waals surface area contributed by atoms with Gasteiger partial charge in [-0.05, 0) is 42.5 Å². The van der Waals surface area contributed by atoms with Crippen LogP contribution in [0.5, 0.6) is 0 Å². The summed E-state index contributed by atoms with van der Waals surface area (Å²) in [6.45, 7) is 1.44. The van der Waals surface area contributed by atoms with Gasteiger partial charge in [-0.25, -0.2) is 4.79 Å². The second-order valence-electron chi connectivity index (χ2n) is 4.49. The number of rotatable bonds is 4. The molecule has 6 heteroatoms. The highest BCUT2D eigenvalue weighted by atomic mass is 16.4. The highest BCUT2D eigenvalue weighted by Crippen LogP contribution is 2.23. The number of anilines is 4. The van der Waals surface area contributed by atoms with E-state index in [9.17, 15) is 9.59 Å². The Balaban J connectivity index is 2.13. The van der Waals surface area contributed by atoms with Gasteiger partial charge in [0.2, 0.25) is 5.91 Å². The minimum Gasteiger partial charge on any atom is -0.478 e. The molecule has 2 rings (SSSR count). The minimum absolute atomic E-state index is 0.0709. The van der Waals surface area contributed by atoms with Crippen molar-refractivity contribution in [1.82, 2.24) is 0 Å². The van der Waals surface area contributed by atoms with Gasteiger partial charge in [-0.2, -0.15) is 0 Å². The normalized spacial score (nSPS) is 9.95.